The van der Waals surface area contributed by atoms with Crippen molar-refractivity contribution in [1.82, 2.24) is 13.7 Å². The first-order chi connectivity index (χ1) is 16.0. The SMILES string of the molecule is C=Cc1ccc(-n2c(=O)n(-c3ccc(C=C)cc3)c(=O)n(-c3ccc(C=C)cc3)c2=O)cc1. The minimum atomic E-state index is -0.762. The van der Waals surface area contributed by atoms with E-state index in [2.05, 4.69) is 19.7 Å². The number of hydrogen-bond donors (Lipinski definition) is 0. The molecule has 0 spiro atoms. The van der Waals surface area contributed by atoms with Crippen LogP contribution in [0.2, 0.25) is 0 Å². The Morgan fingerprint density at radius 1 is 0.424 bits per heavy atom. The molecule has 0 aliphatic carbocycles. The van der Waals surface area contributed by atoms with Gasteiger partial charge in [-0.15, -0.1) is 0 Å². The van der Waals surface area contributed by atoms with Crippen LogP contribution in [0.5, 0.6) is 0 Å². The highest BCUT2D eigenvalue weighted by Crippen LogP contribution is 2.11. The van der Waals surface area contributed by atoms with E-state index in [1.807, 2.05) is 0 Å². The van der Waals surface area contributed by atoms with Crippen molar-refractivity contribution in [3.8, 4) is 17.1 Å². The molecular weight excluding hydrogens is 414 g/mol. The minimum Gasteiger partial charge on any atom is -0.246 e. The first-order valence-electron chi connectivity index (χ1n) is 10.2. The normalized spacial score (nSPS) is 10.5. The number of aromatic nitrogens is 3. The zero-order valence-electron chi connectivity index (χ0n) is 17.8. The molecule has 0 bridgehead atoms. The van der Waals surface area contributed by atoms with Gasteiger partial charge >= 0.3 is 17.1 Å². The van der Waals surface area contributed by atoms with Gasteiger partial charge in [0.2, 0.25) is 0 Å². The van der Waals surface area contributed by atoms with E-state index in [9.17, 15) is 14.4 Å². The van der Waals surface area contributed by atoms with Gasteiger partial charge in [0.05, 0.1) is 17.1 Å². The van der Waals surface area contributed by atoms with E-state index in [4.69, 9.17) is 0 Å². The van der Waals surface area contributed by atoms with Gasteiger partial charge in [-0.25, -0.2) is 28.1 Å². The van der Waals surface area contributed by atoms with Crippen LogP contribution in [-0.2, 0) is 0 Å². The summed E-state index contributed by atoms with van der Waals surface area (Å²) in [6, 6.07) is 20.3. The Balaban J connectivity index is 2.08. The Morgan fingerprint density at radius 2 is 0.636 bits per heavy atom. The first kappa shape index (κ1) is 21.5. The molecule has 0 fully saturated rings. The van der Waals surface area contributed by atoms with Crippen molar-refractivity contribution in [2.24, 2.45) is 0 Å². The zero-order valence-corrected chi connectivity index (χ0v) is 17.8. The van der Waals surface area contributed by atoms with Crippen molar-refractivity contribution in [1.29, 1.82) is 0 Å². The van der Waals surface area contributed by atoms with Crippen LogP contribution >= 0.6 is 0 Å². The van der Waals surface area contributed by atoms with Gasteiger partial charge in [-0.3, -0.25) is 0 Å². The molecule has 0 radical (unpaired) electrons. The fourth-order valence-corrected chi connectivity index (χ4v) is 3.49. The molecule has 0 aliphatic rings. The van der Waals surface area contributed by atoms with Crippen molar-refractivity contribution in [3.05, 3.63) is 141 Å². The van der Waals surface area contributed by atoms with Gasteiger partial charge in [0, 0.05) is 0 Å². The molecule has 3 aromatic carbocycles. The second-order valence-electron chi connectivity index (χ2n) is 7.24. The molecule has 6 heteroatoms. The number of benzene rings is 3. The fraction of sp³-hybridized carbons (Fsp3) is 0. The molecule has 0 aliphatic heterocycles. The Hall–Kier alpha value is -4.71. The van der Waals surface area contributed by atoms with Crippen LogP contribution in [0.25, 0.3) is 35.3 Å². The molecule has 0 atom stereocenters. The summed E-state index contributed by atoms with van der Waals surface area (Å²) in [5.41, 5.74) is 1.22. The third kappa shape index (κ3) is 3.85. The van der Waals surface area contributed by atoms with E-state index in [0.29, 0.717) is 17.1 Å². The molecule has 4 rings (SSSR count). The summed E-state index contributed by atoms with van der Waals surface area (Å²) in [5, 5.41) is 0. The summed E-state index contributed by atoms with van der Waals surface area (Å²) >= 11 is 0. The lowest BCUT2D eigenvalue weighted by Crippen LogP contribution is -2.52. The lowest BCUT2D eigenvalue weighted by atomic mass is 10.2. The molecule has 0 amide bonds. The maximum Gasteiger partial charge on any atom is 0.345 e. The zero-order chi connectivity index (χ0) is 23.5. The largest absolute Gasteiger partial charge is 0.345 e. The number of hydrogen-bond acceptors (Lipinski definition) is 3. The quantitative estimate of drug-likeness (QED) is 0.459. The summed E-state index contributed by atoms with van der Waals surface area (Å²) in [4.78, 5) is 40.4. The molecule has 6 nitrogen and oxygen atoms in total. The summed E-state index contributed by atoms with van der Waals surface area (Å²) in [6.45, 7) is 11.2. The van der Waals surface area contributed by atoms with Gasteiger partial charge in [0.1, 0.15) is 0 Å². The van der Waals surface area contributed by atoms with Crippen LogP contribution in [-0.4, -0.2) is 13.7 Å². The topological polar surface area (TPSA) is 66.0 Å². The fourth-order valence-electron chi connectivity index (χ4n) is 3.49. The van der Waals surface area contributed by atoms with E-state index in [1.54, 1.807) is 91.0 Å². The van der Waals surface area contributed by atoms with E-state index in [1.165, 1.54) is 0 Å². The summed E-state index contributed by atoms with van der Waals surface area (Å²) in [5.74, 6) is 0. The van der Waals surface area contributed by atoms with Crippen LogP contribution in [0.15, 0.2) is 107 Å². The molecule has 0 N–H and O–H groups in total. The van der Waals surface area contributed by atoms with Gasteiger partial charge in [0.15, 0.2) is 0 Å². The molecule has 4 aromatic rings. The second kappa shape index (κ2) is 8.80. The van der Waals surface area contributed by atoms with Crippen LogP contribution in [0.4, 0.5) is 0 Å². The van der Waals surface area contributed by atoms with Crippen LogP contribution in [0, 0.1) is 0 Å². The van der Waals surface area contributed by atoms with Gasteiger partial charge < -0.3 is 0 Å². The smallest absolute Gasteiger partial charge is 0.246 e. The summed E-state index contributed by atoms with van der Waals surface area (Å²) in [6.07, 6.45) is 4.98. The highest BCUT2D eigenvalue weighted by atomic mass is 16.2. The van der Waals surface area contributed by atoms with Crippen LogP contribution in [0.1, 0.15) is 16.7 Å². The van der Waals surface area contributed by atoms with Gasteiger partial charge in [-0.05, 0) is 53.1 Å². The maximum absolute atomic E-state index is 13.5. The highest BCUT2D eigenvalue weighted by molar-refractivity contribution is 5.52. The summed E-state index contributed by atoms with van der Waals surface area (Å²) < 4.78 is 2.95. The Bertz CT molecular complexity index is 1310. The predicted molar refractivity (Wildman–Crippen MR) is 134 cm³/mol. The van der Waals surface area contributed by atoms with Gasteiger partial charge in [0.25, 0.3) is 0 Å². The van der Waals surface area contributed by atoms with E-state index in [0.717, 1.165) is 30.4 Å². The van der Waals surface area contributed by atoms with Crippen molar-refractivity contribution >= 4 is 18.2 Å². The van der Waals surface area contributed by atoms with E-state index >= 15 is 0 Å². The second-order valence-corrected chi connectivity index (χ2v) is 7.24. The maximum atomic E-state index is 13.5. The Labute approximate surface area is 189 Å². The number of rotatable bonds is 6. The van der Waals surface area contributed by atoms with Crippen LogP contribution in [0.3, 0.4) is 0 Å². The van der Waals surface area contributed by atoms with E-state index in [-0.39, 0.29) is 0 Å². The Kier molecular flexibility index (Phi) is 5.74. The number of nitrogens with zero attached hydrogens (tertiary/aromatic N) is 3. The molecule has 1 aromatic heterocycles. The molecule has 0 saturated heterocycles. The summed E-state index contributed by atoms with van der Waals surface area (Å²) in [7, 11) is 0. The standard InChI is InChI=1S/C27H21N3O3/c1-4-19-7-13-22(14-8-19)28-25(31)29(23-15-9-20(5-2)10-16-23)27(33)30(26(28)32)24-17-11-21(6-3)12-18-24/h4-18H,1-3H2. The molecule has 1 heterocycles. The van der Waals surface area contributed by atoms with Crippen LogP contribution < -0.4 is 17.1 Å². The lowest BCUT2D eigenvalue weighted by Gasteiger charge is -2.14. The third-order valence-electron chi connectivity index (χ3n) is 5.31. The first-order valence-corrected chi connectivity index (χ1v) is 10.2. The van der Waals surface area contributed by atoms with Crippen molar-refractivity contribution in [3.63, 3.8) is 0 Å². The van der Waals surface area contributed by atoms with Gasteiger partial charge in [-0.1, -0.05) is 74.4 Å². The minimum absolute atomic E-state index is 0.337. The monoisotopic (exact) mass is 435 g/mol. The average Bonchev–Trinajstić information content (AvgIpc) is 2.85. The highest BCUT2D eigenvalue weighted by Gasteiger charge is 2.19. The Morgan fingerprint density at radius 3 is 0.818 bits per heavy atom. The van der Waals surface area contributed by atoms with Crippen molar-refractivity contribution in [2.45, 2.75) is 0 Å². The molecule has 162 valence electrons. The molecule has 33 heavy (non-hydrogen) atoms. The van der Waals surface area contributed by atoms with Crippen molar-refractivity contribution < 1.29 is 0 Å². The average molecular weight is 435 g/mol. The molecule has 0 unspecified atom stereocenters. The van der Waals surface area contributed by atoms with E-state index < -0.39 is 17.1 Å². The predicted octanol–water partition coefficient (Wildman–Crippen LogP) is 4.07. The van der Waals surface area contributed by atoms with Crippen molar-refractivity contribution in [2.75, 3.05) is 0 Å². The molecule has 0 saturated carbocycles. The van der Waals surface area contributed by atoms with Gasteiger partial charge in [-0.2, -0.15) is 0 Å². The molecular formula is C27H21N3O3. The lowest BCUT2D eigenvalue weighted by molar-refractivity contribution is 0.659. The third-order valence-corrected chi connectivity index (χ3v) is 5.31.